The number of morpholine rings is 1. The van der Waals surface area contributed by atoms with Crippen molar-refractivity contribution in [2.24, 2.45) is 0 Å². The van der Waals surface area contributed by atoms with Gasteiger partial charge < -0.3 is 15.0 Å². The lowest BCUT2D eigenvalue weighted by Gasteiger charge is -2.34. The highest BCUT2D eigenvalue weighted by Crippen LogP contribution is 2.07. The van der Waals surface area contributed by atoms with Crippen molar-refractivity contribution >= 4 is 11.8 Å². The van der Waals surface area contributed by atoms with Crippen molar-refractivity contribution < 1.29 is 14.3 Å². The topological polar surface area (TPSA) is 70.7 Å². The third kappa shape index (κ3) is 3.73. The minimum absolute atomic E-state index is 0.137. The highest BCUT2D eigenvalue weighted by Gasteiger charge is 2.31. The van der Waals surface area contributed by atoms with Crippen molar-refractivity contribution in [1.82, 2.24) is 15.5 Å². The molecule has 0 aromatic carbocycles. The molecular formula is C11H17N3O3. The number of hydrogen-bond donors (Lipinski definition) is 2. The fraction of sp³-hybridized carbons (Fsp3) is 0.636. The number of terminal acetylenes is 1. The van der Waals surface area contributed by atoms with Gasteiger partial charge in [0, 0.05) is 13.6 Å². The van der Waals surface area contributed by atoms with Crippen LogP contribution in [0.3, 0.4) is 0 Å². The summed E-state index contributed by atoms with van der Waals surface area (Å²) in [5.41, 5.74) is 0. The first-order valence-corrected chi connectivity index (χ1v) is 5.43. The third-order valence-electron chi connectivity index (χ3n) is 2.50. The largest absolute Gasteiger partial charge is 0.377 e. The van der Waals surface area contributed by atoms with Gasteiger partial charge in [0.2, 0.25) is 11.8 Å². The molecule has 1 heterocycles. The fourth-order valence-corrected chi connectivity index (χ4v) is 1.63. The Hall–Kier alpha value is -1.58. The van der Waals surface area contributed by atoms with E-state index in [1.807, 2.05) is 0 Å². The first-order valence-electron chi connectivity index (χ1n) is 5.43. The summed E-state index contributed by atoms with van der Waals surface area (Å²) in [6, 6.07) is -0.547. The van der Waals surface area contributed by atoms with Gasteiger partial charge in [-0.25, -0.2) is 0 Å². The van der Waals surface area contributed by atoms with Gasteiger partial charge >= 0.3 is 0 Å². The van der Waals surface area contributed by atoms with Crippen LogP contribution in [-0.2, 0) is 14.3 Å². The number of nitrogens with zero attached hydrogens (tertiary/aromatic N) is 1. The lowest BCUT2D eigenvalue weighted by Crippen LogP contribution is -2.57. The van der Waals surface area contributed by atoms with Gasteiger partial charge in [-0.3, -0.25) is 14.9 Å². The number of carbonyl (C=O) groups is 2. The maximum atomic E-state index is 11.9. The van der Waals surface area contributed by atoms with E-state index in [1.54, 1.807) is 0 Å². The minimum atomic E-state index is -0.547. The zero-order valence-electron chi connectivity index (χ0n) is 9.86. The van der Waals surface area contributed by atoms with E-state index in [0.717, 1.165) is 0 Å². The Labute approximate surface area is 101 Å². The summed E-state index contributed by atoms with van der Waals surface area (Å²) in [6.07, 6.45) is 5.07. The van der Waals surface area contributed by atoms with E-state index in [9.17, 15) is 9.59 Å². The molecule has 2 N–H and O–H groups in total. The second-order valence-electron chi connectivity index (χ2n) is 3.60. The zero-order chi connectivity index (χ0) is 12.7. The van der Waals surface area contributed by atoms with Crippen LogP contribution in [-0.4, -0.2) is 62.7 Å². The number of nitrogens with one attached hydrogen (secondary N) is 2. The molecule has 2 amide bonds. The fourth-order valence-electron chi connectivity index (χ4n) is 1.63. The molecule has 1 saturated heterocycles. The maximum absolute atomic E-state index is 11.9. The normalized spacial score (nSPS) is 19.5. The SMILES string of the molecule is C#CCNCC(=O)N1CCOCC1C(=O)NC. The van der Waals surface area contributed by atoms with E-state index in [0.29, 0.717) is 19.7 Å². The van der Waals surface area contributed by atoms with E-state index < -0.39 is 6.04 Å². The molecule has 1 aliphatic heterocycles. The molecule has 94 valence electrons. The molecule has 0 aromatic heterocycles. The van der Waals surface area contributed by atoms with Crippen molar-refractivity contribution in [3.63, 3.8) is 0 Å². The summed E-state index contributed by atoms with van der Waals surface area (Å²) in [6.45, 7) is 1.59. The van der Waals surface area contributed by atoms with Crippen molar-refractivity contribution in [3.8, 4) is 12.3 Å². The van der Waals surface area contributed by atoms with Gasteiger partial charge in [0.15, 0.2) is 0 Å². The molecule has 0 aromatic rings. The molecule has 0 radical (unpaired) electrons. The standard InChI is InChI=1S/C11H17N3O3/c1-3-4-13-7-10(15)14-5-6-17-8-9(14)11(16)12-2/h1,9,13H,4-8H2,2H3,(H,12,16). The van der Waals surface area contributed by atoms with E-state index in [4.69, 9.17) is 11.2 Å². The lowest BCUT2D eigenvalue weighted by molar-refractivity contribution is -0.147. The molecule has 1 rings (SSSR count). The smallest absolute Gasteiger partial charge is 0.244 e. The number of ether oxygens (including phenoxy) is 1. The van der Waals surface area contributed by atoms with E-state index in [-0.39, 0.29) is 25.0 Å². The molecule has 1 fully saturated rings. The Morgan fingerprint density at radius 2 is 2.35 bits per heavy atom. The minimum Gasteiger partial charge on any atom is -0.377 e. The molecule has 6 nitrogen and oxygen atoms in total. The maximum Gasteiger partial charge on any atom is 0.244 e. The molecule has 0 spiro atoms. The number of likely N-dealkylation sites (N-methyl/N-ethyl adjacent to an activating group) is 1. The molecule has 0 aliphatic carbocycles. The van der Waals surface area contributed by atoms with Gasteiger partial charge in [-0.05, 0) is 0 Å². The van der Waals surface area contributed by atoms with Gasteiger partial charge in [-0.2, -0.15) is 0 Å². The van der Waals surface area contributed by atoms with Crippen LogP contribution >= 0.6 is 0 Å². The van der Waals surface area contributed by atoms with Gasteiger partial charge in [0.05, 0.1) is 26.3 Å². The van der Waals surface area contributed by atoms with Crippen LogP contribution in [0.4, 0.5) is 0 Å². The Kier molecular flexibility index (Phi) is 5.46. The third-order valence-corrected chi connectivity index (χ3v) is 2.50. The van der Waals surface area contributed by atoms with Crippen LogP contribution in [0.25, 0.3) is 0 Å². The number of hydrogen-bond acceptors (Lipinski definition) is 4. The van der Waals surface area contributed by atoms with Gasteiger partial charge in [0.25, 0.3) is 0 Å². The van der Waals surface area contributed by atoms with E-state index in [1.165, 1.54) is 11.9 Å². The van der Waals surface area contributed by atoms with Crippen molar-refractivity contribution in [2.45, 2.75) is 6.04 Å². The Bertz CT molecular complexity index is 324. The van der Waals surface area contributed by atoms with Crippen molar-refractivity contribution in [1.29, 1.82) is 0 Å². The number of rotatable bonds is 4. The van der Waals surface area contributed by atoms with Gasteiger partial charge in [-0.1, -0.05) is 5.92 Å². The molecule has 0 saturated carbocycles. The zero-order valence-corrected chi connectivity index (χ0v) is 9.86. The quantitative estimate of drug-likeness (QED) is 0.448. The lowest BCUT2D eigenvalue weighted by atomic mass is 10.2. The van der Waals surface area contributed by atoms with E-state index in [2.05, 4.69) is 16.6 Å². The van der Waals surface area contributed by atoms with Crippen LogP contribution < -0.4 is 10.6 Å². The second kappa shape index (κ2) is 6.89. The first kappa shape index (κ1) is 13.5. The highest BCUT2D eigenvalue weighted by atomic mass is 16.5. The average Bonchev–Trinajstić information content (AvgIpc) is 2.38. The monoisotopic (exact) mass is 239 g/mol. The van der Waals surface area contributed by atoms with Gasteiger partial charge in [-0.15, -0.1) is 6.42 Å². The Morgan fingerprint density at radius 3 is 3.00 bits per heavy atom. The van der Waals surface area contributed by atoms with E-state index >= 15 is 0 Å². The number of amides is 2. The predicted molar refractivity (Wildman–Crippen MR) is 62.1 cm³/mol. The molecule has 0 bridgehead atoms. The summed E-state index contributed by atoms with van der Waals surface area (Å²) in [5.74, 6) is 2.03. The molecule has 1 atom stereocenters. The molecule has 6 heteroatoms. The summed E-state index contributed by atoms with van der Waals surface area (Å²) < 4.78 is 5.20. The Balaban J connectivity index is 2.55. The summed E-state index contributed by atoms with van der Waals surface area (Å²) in [5, 5.41) is 5.33. The van der Waals surface area contributed by atoms with Gasteiger partial charge in [0.1, 0.15) is 6.04 Å². The number of carbonyl (C=O) groups excluding carboxylic acids is 2. The van der Waals surface area contributed by atoms with Crippen molar-refractivity contribution in [2.75, 3.05) is 39.9 Å². The summed E-state index contributed by atoms with van der Waals surface area (Å²) in [4.78, 5) is 25.0. The summed E-state index contributed by atoms with van der Waals surface area (Å²) >= 11 is 0. The van der Waals surface area contributed by atoms with Crippen LogP contribution in [0, 0.1) is 12.3 Å². The second-order valence-corrected chi connectivity index (χ2v) is 3.60. The van der Waals surface area contributed by atoms with Crippen LogP contribution in [0.1, 0.15) is 0 Å². The molecular weight excluding hydrogens is 222 g/mol. The molecule has 1 unspecified atom stereocenters. The van der Waals surface area contributed by atoms with Crippen LogP contribution in [0.2, 0.25) is 0 Å². The molecule has 17 heavy (non-hydrogen) atoms. The predicted octanol–water partition coefficient (Wildman–Crippen LogP) is -1.82. The molecule has 1 aliphatic rings. The van der Waals surface area contributed by atoms with Crippen LogP contribution in [0.5, 0.6) is 0 Å². The van der Waals surface area contributed by atoms with Crippen LogP contribution in [0.15, 0.2) is 0 Å². The highest BCUT2D eigenvalue weighted by molar-refractivity contribution is 5.88. The summed E-state index contributed by atoms with van der Waals surface area (Å²) in [7, 11) is 1.54. The van der Waals surface area contributed by atoms with Crippen molar-refractivity contribution in [3.05, 3.63) is 0 Å². The average molecular weight is 239 g/mol. The Morgan fingerprint density at radius 1 is 1.59 bits per heavy atom. The first-order chi connectivity index (χ1) is 8.20.